The molecule has 0 bridgehead atoms. The molecular weight excluding hydrogens is 260 g/mol. The second kappa shape index (κ2) is 6.51. The van der Waals surface area contributed by atoms with Gasteiger partial charge >= 0.3 is 5.97 Å². The van der Waals surface area contributed by atoms with Crippen molar-refractivity contribution in [1.29, 1.82) is 0 Å². The lowest BCUT2D eigenvalue weighted by atomic mass is 9.96. The third-order valence-electron chi connectivity index (χ3n) is 3.74. The third kappa shape index (κ3) is 3.57. The number of carbonyl (C=O) groups excluding carboxylic acids is 1. The van der Waals surface area contributed by atoms with E-state index in [1.807, 2.05) is 0 Å². The third-order valence-corrected chi connectivity index (χ3v) is 3.74. The summed E-state index contributed by atoms with van der Waals surface area (Å²) in [7, 11) is 0. The van der Waals surface area contributed by atoms with Crippen molar-refractivity contribution in [2.75, 3.05) is 13.1 Å². The Morgan fingerprint density at radius 1 is 1.50 bits per heavy atom. The van der Waals surface area contributed by atoms with Gasteiger partial charge in [0, 0.05) is 37.8 Å². The maximum absolute atomic E-state index is 12.0. The molecular formula is C13H20N4O3. The number of carbonyl (C=O) groups is 2. The molecule has 4 N–H and O–H groups in total. The number of amides is 1. The zero-order chi connectivity index (χ0) is 14.5. The normalized spacial score (nSPS) is 17.9. The van der Waals surface area contributed by atoms with E-state index >= 15 is 0 Å². The van der Waals surface area contributed by atoms with Crippen LogP contribution in [-0.4, -0.2) is 51.0 Å². The molecule has 1 amide bonds. The largest absolute Gasteiger partial charge is 0.480 e. The molecule has 2 heterocycles. The molecule has 0 aromatic carbocycles. The van der Waals surface area contributed by atoms with Gasteiger partial charge in [-0.15, -0.1) is 0 Å². The van der Waals surface area contributed by atoms with Gasteiger partial charge in [-0.25, -0.2) is 4.98 Å². The van der Waals surface area contributed by atoms with Crippen molar-refractivity contribution < 1.29 is 14.7 Å². The van der Waals surface area contributed by atoms with Crippen molar-refractivity contribution in [2.24, 2.45) is 5.73 Å². The number of nitrogens with one attached hydrogen (secondary N) is 1. The summed E-state index contributed by atoms with van der Waals surface area (Å²) in [4.78, 5) is 31.7. The lowest BCUT2D eigenvalue weighted by Gasteiger charge is -2.31. The van der Waals surface area contributed by atoms with E-state index in [-0.39, 0.29) is 18.7 Å². The summed E-state index contributed by atoms with van der Waals surface area (Å²) in [6.07, 6.45) is 5.68. The molecule has 1 aliphatic rings. The van der Waals surface area contributed by atoms with Crippen LogP contribution < -0.4 is 5.73 Å². The highest BCUT2D eigenvalue weighted by Crippen LogP contribution is 2.25. The first-order chi connectivity index (χ1) is 9.58. The summed E-state index contributed by atoms with van der Waals surface area (Å²) in [5.74, 6) is 0.272. The number of likely N-dealkylation sites (tertiary alicyclic amines) is 1. The van der Waals surface area contributed by atoms with Crippen molar-refractivity contribution in [2.45, 2.75) is 37.6 Å². The standard InChI is InChI=1S/C13H20N4O3/c14-10(13(19)20)1-2-11(18)17-7-3-9(4-8-17)12-15-5-6-16-12/h5-6,9-10H,1-4,7-8,14H2,(H,15,16)(H,19,20)/t10-/m0/s1. The van der Waals surface area contributed by atoms with Crippen LogP contribution in [-0.2, 0) is 9.59 Å². The highest BCUT2D eigenvalue weighted by molar-refractivity contribution is 5.78. The van der Waals surface area contributed by atoms with Crippen LogP contribution in [0.1, 0.15) is 37.4 Å². The molecule has 0 aliphatic carbocycles. The fourth-order valence-corrected chi connectivity index (χ4v) is 2.46. The quantitative estimate of drug-likeness (QED) is 0.718. The molecule has 1 fully saturated rings. The van der Waals surface area contributed by atoms with Crippen LogP contribution in [0.15, 0.2) is 12.4 Å². The van der Waals surface area contributed by atoms with Gasteiger partial charge in [0.05, 0.1) is 0 Å². The summed E-state index contributed by atoms with van der Waals surface area (Å²) in [5, 5.41) is 8.69. The Labute approximate surface area is 117 Å². The van der Waals surface area contributed by atoms with E-state index in [9.17, 15) is 9.59 Å². The van der Waals surface area contributed by atoms with Crippen LogP contribution in [0, 0.1) is 0 Å². The SMILES string of the molecule is N[C@@H](CCC(=O)N1CCC(c2ncc[nH]2)CC1)C(=O)O. The smallest absolute Gasteiger partial charge is 0.320 e. The van der Waals surface area contributed by atoms with Crippen LogP contribution in [0.3, 0.4) is 0 Å². The number of nitrogens with two attached hydrogens (primary N) is 1. The maximum atomic E-state index is 12.0. The molecule has 0 unspecified atom stereocenters. The van der Waals surface area contributed by atoms with Gasteiger partial charge in [-0.3, -0.25) is 9.59 Å². The molecule has 1 aromatic rings. The predicted molar refractivity (Wildman–Crippen MR) is 72.0 cm³/mol. The first-order valence-corrected chi connectivity index (χ1v) is 6.83. The van der Waals surface area contributed by atoms with E-state index < -0.39 is 12.0 Å². The number of aromatic nitrogens is 2. The average molecular weight is 280 g/mol. The molecule has 20 heavy (non-hydrogen) atoms. The Kier molecular flexibility index (Phi) is 4.73. The number of H-pyrrole nitrogens is 1. The number of nitrogens with zero attached hydrogens (tertiary/aromatic N) is 2. The molecule has 0 radical (unpaired) electrons. The molecule has 0 saturated carbocycles. The van der Waals surface area contributed by atoms with Crippen LogP contribution in [0.25, 0.3) is 0 Å². The Bertz CT molecular complexity index is 452. The molecule has 1 aliphatic heterocycles. The summed E-state index contributed by atoms with van der Waals surface area (Å²) >= 11 is 0. The maximum Gasteiger partial charge on any atom is 0.320 e. The lowest BCUT2D eigenvalue weighted by Crippen LogP contribution is -2.39. The molecule has 1 atom stereocenters. The molecule has 7 nitrogen and oxygen atoms in total. The van der Waals surface area contributed by atoms with Gasteiger partial charge in [0.25, 0.3) is 0 Å². The van der Waals surface area contributed by atoms with E-state index in [1.54, 1.807) is 17.3 Å². The van der Waals surface area contributed by atoms with Crippen molar-refractivity contribution in [3.8, 4) is 0 Å². The Hall–Kier alpha value is -1.89. The van der Waals surface area contributed by atoms with Crippen LogP contribution in [0.2, 0.25) is 0 Å². The Balaban J connectivity index is 1.76. The van der Waals surface area contributed by atoms with E-state index in [0.29, 0.717) is 19.0 Å². The fourth-order valence-electron chi connectivity index (χ4n) is 2.46. The van der Waals surface area contributed by atoms with Gasteiger partial charge in [-0.1, -0.05) is 0 Å². The molecule has 1 saturated heterocycles. The highest BCUT2D eigenvalue weighted by Gasteiger charge is 2.25. The Morgan fingerprint density at radius 2 is 2.20 bits per heavy atom. The van der Waals surface area contributed by atoms with Gasteiger partial charge < -0.3 is 20.7 Å². The molecule has 7 heteroatoms. The van der Waals surface area contributed by atoms with Crippen molar-refractivity contribution in [1.82, 2.24) is 14.9 Å². The zero-order valence-electron chi connectivity index (χ0n) is 11.3. The van der Waals surface area contributed by atoms with Crippen LogP contribution >= 0.6 is 0 Å². The summed E-state index contributed by atoms with van der Waals surface area (Å²) in [5.41, 5.74) is 5.40. The van der Waals surface area contributed by atoms with E-state index in [2.05, 4.69) is 9.97 Å². The van der Waals surface area contributed by atoms with Gasteiger partial charge in [0.1, 0.15) is 11.9 Å². The summed E-state index contributed by atoms with van der Waals surface area (Å²) < 4.78 is 0. The second-order valence-corrected chi connectivity index (χ2v) is 5.11. The lowest BCUT2D eigenvalue weighted by molar-refractivity contribution is -0.139. The number of hydrogen-bond acceptors (Lipinski definition) is 4. The molecule has 1 aromatic heterocycles. The van der Waals surface area contributed by atoms with Crippen molar-refractivity contribution >= 4 is 11.9 Å². The van der Waals surface area contributed by atoms with Gasteiger partial charge in [-0.05, 0) is 19.3 Å². The average Bonchev–Trinajstić information content (AvgIpc) is 2.98. The van der Waals surface area contributed by atoms with Gasteiger partial charge in [0.2, 0.25) is 5.91 Å². The number of imidazole rings is 1. The highest BCUT2D eigenvalue weighted by atomic mass is 16.4. The number of carboxylic acid groups (broad SMARTS) is 1. The van der Waals surface area contributed by atoms with Gasteiger partial charge in [-0.2, -0.15) is 0 Å². The second-order valence-electron chi connectivity index (χ2n) is 5.11. The number of aromatic amines is 1. The topological polar surface area (TPSA) is 112 Å². The molecule has 0 spiro atoms. The summed E-state index contributed by atoms with van der Waals surface area (Å²) in [6, 6.07) is -0.959. The summed E-state index contributed by atoms with van der Waals surface area (Å²) in [6.45, 7) is 1.37. The van der Waals surface area contributed by atoms with Crippen molar-refractivity contribution in [3.63, 3.8) is 0 Å². The van der Waals surface area contributed by atoms with E-state index in [1.165, 1.54) is 0 Å². The molecule has 110 valence electrons. The minimum Gasteiger partial charge on any atom is -0.480 e. The monoisotopic (exact) mass is 280 g/mol. The first kappa shape index (κ1) is 14.5. The number of rotatable bonds is 5. The number of carboxylic acids is 1. The Morgan fingerprint density at radius 3 is 2.75 bits per heavy atom. The zero-order valence-corrected chi connectivity index (χ0v) is 11.3. The van der Waals surface area contributed by atoms with Crippen LogP contribution in [0.5, 0.6) is 0 Å². The fraction of sp³-hybridized carbons (Fsp3) is 0.615. The molecule has 2 rings (SSSR count). The minimum absolute atomic E-state index is 0.0143. The van der Waals surface area contributed by atoms with Crippen molar-refractivity contribution in [3.05, 3.63) is 18.2 Å². The van der Waals surface area contributed by atoms with Gasteiger partial charge in [0.15, 0.2) is 0 Å². The van der Waals surface area contributed by atoms with E-state index in [4.69, 9.17) is 10.8 Å². The predicted octanol–water partition coefficient (Wildman–Crippen LogP) is 0.308. The number of hydrogen-bond donors (Lipinski definition) is 3. The first-order valence-electron chi connectivity index (χ1n) is 6.83. The van der Waals surface area contributed by atoms with Crippen LogP contribution in [0.4, 0.5) is 0 Å². The number of aliphatic carboxylic acids is 1. The van der Waals surface area contributed by atoms with E-state index in [0.717, 1.165) is 18.7 Å². The number of piperidine rings is 1. The minimum atomic E-state index is -1.06.